The van der Waals surface area contributed by atoms with Crippen molar-refractivity contribution < 1.29 is 24.2 Å². The number of esters is 2. The summed E-state index contributed by atoms with van der Waals surface area (Å²) in [5, 5.41) is 9.99. The summed E-state index contributed by atoms with van der Waals surface area (Å²) in [7, 11) is 0. The third kappa shape index (κ3) is 10.4. The minimum absolute atomic E-state index is 0.0187. The Labute approximate surface area is 222 Å². The Morgan fingerprint density at radius 1 is 0.838 bits per heavy atom. The summed E-state index contributed by atoms with van der Waals surface area (Å²) in [6.45, 7) is 14.2. The lowest BCUT2D eigenvalue weighted by Gasteiger charge is -2.21. The van der Waals surface area contributed by atoms with E-state index in [0.29, 0.717) is 12.0 Å². The van der Waals surface area contributed by atoms with E-state index in [9.17, 15) is 14.7 Å². The first kappa shape index (κ1) is 30.0. The highest BCUT2D eigenvalue weighted by atomic mass is 16.5. The smallest absolute Gasteiger partial charge is 0.336 e. The second-order valence-electron chi connectivity index (χ2n) is 10.3. The Bertz CT molecular complexity index is 1040. The highest BCUT2D eigenvalue weighted by molar-refractivity contribution is 5.89. The van der Waals surface area contributed by atoms with Crippen LogP contribution >= 0.6 is 0 Å². The molecule has 1 N–H and O–H groups in total. The summed E-state index contributed by atoms with van der Waals surface area (Å²) in [5.74, 6) is -1.34. The normalized spacial score (nSPS) is 12.0. The second-order valence-corrected chi connectivity index (χ2v) is 10.3. The molecule has 200 valence electrons. The summed E-state index contributed by atoms with van der Waals surface area (Å²) < 4.78 is 10.7. The topological polar surface area (TPSA) is 72.8 Å². The number of aliphatic hydroxyl groups is 1. The third-order valence-electron chi connectivity index (χ3n) is 6.39. The molecule has 0 aliphatic rings. The first-order valence-electron chi connectivity index (χ1n) is 13.1. The maximum Gasteiger partial charge on any atom is 0.336 e. The van der Waals surface area contributed by atoms with Gasteiger partial charge in [-0.15, -0.1) is 0 Å². The molecule has 2 aromatic carbocycles. The number of carbonyl (C=O) groups excluding carboxylic acids is 2. The van der Waals surface area contributed by atoms with Gasteiger partial charge in [-0.05, 0) is 68.7 Å². The molecule has 2 rings (SSSR count). The summed E-state index contributed by atoms with van der Waals surface area (Å²) in [4.78, 5) is 24.2. The zero-order chi connectivity index (χ0) is 27.4. The first-order chi connectivity index (χ1) is 17.5. The van der Waals surface area contributed by atoms with E-state index in [1.165, 1.54) is 44.2 Å². The van der Waals surface area contributed by atoms with Crippen molar-refractivity contribution in [3.63, 3.8) is 0 Å². The van der Waals surface area contributed by atoms with E-state index < -0.39 is 17.5 Å². The Balaban J connectivity index is 1.97. The molecule has 0 radical (unpaired) electrons. The van der Waals surface area contributed by atoms with Crippen molar-refractivity contribution in [2.24, 2.45) is 5.92 Å². The number of rotatable bonds is 15. The van der Waals surface area contributed by atoms with Crippen molar-refractivity contribution in [1.29, 1.82) is 0 Å². The van der Waals surface area contributed by atoms with Gasteiger partial charge >= 0.3 is 11.9 Å². The van der Waals surface area contributed by atoms with Gasteiger partial charge in [-0.3, -0.25) is 0 Å². The average Bonchev–Trinajstić information content (AvgIpc) is 2.87. The predicted molar refractivity (Wildman–Crippen MR) is 149 cm³/mol. The van der Waals surface area contributed by atoms with Crippen LogP contribution < -0.4 is 0 Å². The fourth-order valence-electron chi connectivity index (χ4n) is 3.74. The average molecular weight is 507 g/mol. The van der Waals surface area contributed by atoms with E-state index in [4.69, 9.17) is 9.47 Å². The van der Waals surface area contributed by atoms with Gasteiger partial charge in [0.15, 0.2) is 0 Å². The van der Waals surface area contributed by atoms with Crippen LogP contribution in [0.2, 0.25) is 0 Å². The molecular weight excluding hydrogens is 464 g/mol. The third-order valence-corrected chi connectivity index (χ3v) is 6.39. The van der Waals surface area contributed by atoms with Gasteiger partial charge in [-0.1, -0.05) is 81.5 Å². The monoisotopic (exact) mass is 506 g/mol. The molecule has 0 aromatic heterocycles. The zero-order valence-electron chi connectivity index (χ0n) is 22.8. The van der Waals surface area contributed by atoms with E-state index in [1.54, 1.807) is 6.92 Å². The van der Waals surface area contributed by atoms with Gasteiger partial charge in [0.1, 0.15) is 0 Å². The first-order valence-corrected chi connectivity index (χ1v) is 13.1. The molecule has 0 saturated carbocycles. The Hall–Kier alpha value is -3.18. The Morgan fingerprint density at radius 2 is 1.32 bits per heavy atom. The van der Waals surface area contributed by atoms with Crippen molar-refractivity contribution in [2.45, 2.75) is 71.8 Å². The predicted octanol–water partition coefficient (Wildman–Crippen LogP) is 6.62. The molecule has 1 unspecified atom stereocenters. The van der Waals surface area contributed by atoms with E-state index in [2.05, 4.69) is 68.6 Å². The molecule has 0 aliphatic heterocycles. The molecule has 5 heteroatoms. The fourth-order valence-corrected chi connectivity index (χ4v) is 3.74. The van der Waals surface area contributed by atoms with Crippen LogP contribution in [-0.4, -0.2) is 35.9 Å². The Kier molecular flexibility index (Phi) is 11.8. The molecule has 0 fully saturated rings. The maximum absolute atomic E-state index is 12.3. The highest BCUT2D eigenvalue weighted by Gasteiger charge is 2.26. The van der Waals surface area contributed by atoms with Crippen LogP contribution in [0.4, 0.5) is 0 Å². The molecule has 2 aromatic rings. The number of unbranched alkanes of at least 4 members (excludes halogenated alkanes) is 2. The lowest BCUT2D eigenvalue weighted by atomic mass is 9.97. The molecule has 0 heterocycles. The van der Waals surface area contributed by atoms with Gasteiger partial charge in [-0.25, -0.2) is 9.59 Å². The molecule has 1 atom stereocenters. The van der Waals surface area contributed by atoms with E-state index in [1.807, 2.05) is 0 Å². The van der Waals surface area contributed by atoms with Crippen LogP contribution in [0.5, 0.6) is 0 Å². The van der Waals surface area contributed by atoms with Gasteiger partial charge in [-0.2, -0.15) is 0 Å². The van der Waals surface area contributed by atoms with Crippen molar-refractivity contribution >= 4 is 11.9 Å². The van der Waals surface area contributed by atoms with Gasteiger partial charge in [0.05, 0.1) is 24.4 Å². The number of benzene rings is 2. The molecule has 0 amide bonds. The zero-order valence-corrected chi connectivity index (χ0v) is 22.8. The number of hydrogen-bond acceptors (Lipinski definition) is 5. The largest absolute Gasteiger partial charge is 0.462 e. The quantitative estimate of drug-likeness (QED) is 0.167. The molecule has 0 bridgehead atoms. The van der Waals surface area contributed by atoms with E-state index >= 15 is 0 Å². The Morgan fingerprint density at radius 3 is 1.78 bits per heavy atom. The summed E-state index contributed by atoms with van der Waals surface area (Å²) in [6, 6.07) is 17.2. The summed E-state index contributed by atoms with van der Waals surface area (Å²) in [6.07, 6.45) is 6.22. The SMILES string of the molecule is C=C(C)C(=O)OCC(CCc1ccc(-c2ccc(CCCCC)cc2)cc1)COC(=O)C(=C)C(C)(C)O. The minimum atomic E-state index is -1.36. The maximum atomic E-state index is 12.3. The van der Waals surface area contributed by atoms with Crippen LogP contribution in [0.15, 0.2) is 72.8 Å². The lowest BCUT2D eigenvalue weighted by Crippen LogP contribution is -2.30. The standard InChI is InChI=1S/C32H42O5/c1-7-8-9-10-25-13-17-28(18-14-25)29-19-15-26(16-20-29)11-12-27(21-36-30(33)23(2)3)22-37-31(34)24(4)32(5,6)35/h13-20,27,35H,2,4,7-12,21-22H2,1,3,5-6H3. The van der Waals surface area contributed by atoms with Crippen molar-refractivity contribution in [2.75, 3.05) is 13.2 Å². The summed E-state index contributed by atoms with van der Waals surface area (Å²) in [5.41, 5.74) is 3.80. The van der Waals surface area contributed by atoms with Gasteiger partial charge < -0.3 is 14.6 Å². The van der Waals surface area contributed by atoms with Crippen LogP contribution in [0.3, 0.4) is 0 Å². The number of aryl methyl sites for hydroxylation is 2. The molecule has 0 saturated heterocycles. The van der Waals surface area contributed by atoms with Crippen molar-refractivity contribution in [3.8, 4) is 11.1 Å². The van der Waals surface area contributed by atoms with Crippen LogP contribution in [0.25, 0.3) is 11.1 Å². The minimum Gasteiger partial charge on any atom is -0.462 e. The summed E-state index contributed by atoms with van der Waals surface area (Å²) >= 11 is 0. The highest BCUT2D eigenvalue weighted by Crippen LogP contribution is 2.23. The van der Waals surface area contributed by atoms with Gasteiger partial charge in [0, 0.05) is 11.5 Å². The number of hydrogen-bond donors (Lipinski definition) is 1. The van der Waals surface area contributed by atoms with Gasteiger partial charge in [0.2, 0.25) is 0 Å². The molecule has 0 spiro atoms. The van der Waals surface area contributed by atoms with E-state index in [0.717, 1.165) is 24.0 Å². The molecular formula is C32H42O5. The molecule has 5 nitrogen and oxygen atoms in total. The molecule has 37 heavy (non-hydrogen) atoms. The van der Waals surface area contributed by atoms with Gasteiger partial charge in [0.25, 0.3) is 0 Å². The fraction of sp³-hybridized carbons (Fsp3) is 0.438. The molecule has 0 aliphatic carbocycles. The van der Waals surface area contributed by atoms with Crippen molar-refractivity contribution in [3.05, 3.63) is 84.0 Å². The van der Waals surface area contributed by atoms with Crippen LogP contribution in [-0.2, 0) is 31.9 Å². The number of carbonyl (C=O) groups is 2. The van der Waals surface area contributed by atoms with Crippen LogP contribution in [0, 0.1) is 5.92 Å². The lowest BCUT2D eigenvalue weighted by molar-refractivity contribution is -0.145. The number of ether oxygens (including phenoxy) is 2. The van der Waals surface area contributed by atoms with Crippen LogP contribution in [0.1, 0.15) is 64.5 Å². The van der Waals surface area contributed by atoms with E-state index in [-0.39, 0.29) is 24.7 Å². The second kappa shape index (κ2) is 14.5. The van der Waals surface area contributed by atoms with Crippen molar-refractivity contribution in [1.82, 2.24) is 0 Å².